The van der Waals surface area contributed by atoms with E-state index in [2.05, 4.69) is 17.6 Å². The van der Waals surface area contributed by atoms with Crippen LogP contribution in [0.3, 0.4) is 0 Å². The summed E-state index contributed by atoms with van der Waals surface area (Å²) in [6, 6.07) is -0.194. The predicted octanol–water partition coefficient (Wildman–Crippen LogP) is 0.406. The fourth-order valence-electron chi connectivity index (χ4n) is 2.75. The molecule has 4 nitrogen and oxygen atoms in total. The van der Waals surface area contributed by atoms with Crippen LogP contribution in [0.2, 0.25) is 0 Å². The number of aliphatic hydroxyl groups excluding tert-OH is 1. The van der Waals surface area contributed by atoms with Gasteiger partial charge in [-0.1, -0.05) is 19.8 Å². The molecule has 0 radical (unpaired) electrons. The van der Waals surface area contributed by atoms with Gasteiger partial charge >= 0.3 is 0 Å². The van der Waals surface area contributed by atoms with Crippen LogP contribution in [0.1, 0.15) is 39.0 Å². The van der Waals surface area contributed by atoms with Crippen LogP contribution in [0.4, 0.5) is 0 Å². The van der Waals surface area contributed by atoms with Crippen LogP contribution < -0.4 is 10.6 Å². The Bertz CT molecular complexity index is 262. The van der Waals surface area contributed by atoms with Gasteiger partial charge in [0.1, 0.15) is 0 Å². The topological polar surface area (TPSA) is 61.4 Å². The second-order valence-electron chi connectivity index (χ2n) is 5.59. The summed E-state index contributed by atoms with van der Waals surface area (Å²) in [7, 11) is 0. The lowest BCUT2D eigenvalue weighted by atomic mass is 9.89. The zero-order chi connectivity index (χ0) is 11.6. The molecular weight excluding hydrogens is 204 g/mol. The minimum absolute atomic E-state index is 0.0460. The van der Waals surface area contributed by atoms with Gasteiger partial charge in [-0.3, -0.25) is 4.79 Å². The molecule has 1 aliphatic carbocycles. The van der Waals surface area contributed by atoms with Crippen molar-refractivity contribution in [1.82, 2.24) is 10.6 Å². The summed E-state index contributed by atoms with van der Waals surface area (Å²) < 4.78 is 0. The highest BCUT2D eigenvalue weighted by Gasteiger charge is 2.32. The molecule has 4 heteroatoms. The number of β-amino-alcohol motifs (C(OH)–C–C–N with tert-alkyl or cyclic N) is 1. The lowest BCUT2D eigenvalue weighted by Crippen LogP contribution is -2.44. The predicted molar refractivity (Wildman–Crippen MR) is 62.0 cm³/mol. The van der Waals surface area contributed by atoms with Crippen molar-refractivity contribution in [2.75, 3.05) is 13.1 Å². The normalized spacial score (nSPS) is 32.9. The summed E-state index contributed by atoms with van der Waals surface area (Å²) in [5, 5.41) is 15.4. The van der Waals surface area contributed by atoms with Gasteiger partial charge in [-0.25, -0.2) is 0 Å². The summed E-state index contributed by atoms with van der Waals surface area (Å²) in [4.78, 5) is 11.8. The molecule has 1 saturated heterocycles. The van der Waals surface area contributed by atoms with Crippen LogP contribution in [0, 0.1) is 5.41 Å². The molecule has 0 bridgehead atoms. The fraction of sp³-hybridized carbons (Fsp3) is 0.917. The van der Waals surface area contributed by atoms with E-state index in [1.807, 2.05) is 0 Å². The Morgan fingerprint density at radius 2 is 2.19 bits per heavy atom. The molecule has 1 heterocycles. The summed E-state index contributed by atoms with van der Waals surface area (Å²) in [6.45, 7) is 3.56. The number of nitrogens with one attached hydrogen (secondary N) is 2. The van der Waals surface area contributed by atoms with Crippen LogP contribution in [-0.2, 0) is 4.79 Å². The van der Waals surface area contributed by atoms with Crippen molar-refractivity contribution in [3.05, 3.63) is 0 Å². The second-order valence-corrected chi connectivity index (χ2v) is 5.59. The minimum atomic E-state index is -0.363. The van der Waals surface area contributed by atoms with Crippen molar-refractivity contribution in [2.45, 2.75) is 51.2 Å². The molecule has 0 aromatic carbocycles. The zero-order valence-electron chi connectivity index (χ0n) is 9.96. The van der Waals surface area contributed by atoms with Gasteiger partial charge in [0.15, 0.2) is 0 Å². The van der Waals surface area contributed by atoms with E-state index in [4.69, 9.17) is 0 Å². The highest BCUT2D eigenvalue weighted by molar-refractivity contribution is 5.82. The Labute approximate surface area is 96.8 Å². The Morgan fingerprint density at radius 3 is 2.75 bits per heavy atom. The smallest absolute Gasteiger partial charge is 0.237 e. The number of rotatable bonds is 3. The second kappa shape index (κ2) is 4.72. The first kappa shape index (κ1) is 11.9. The molecule has 2 fully saturated rings. The van der Waals surface area contributed by atoms with E-state index < -0.39 is 0 Å². The molecular formula is C12H22N2O2. The van der Waals surface area contributed by atoms with E-state index >= 15 is 0 Å². The molecule has 2 atom stereocenters. The van der Waals surface area contributed by atoms with E-state index in [1.165, 1.54) is 25.7 Å². The summed E-state index contributed by atoms with van der Waals surface area (Å²) in [5.41, 5.74) is 0.298. The molecule has 0 aromatic rings. The van der Waals surface area contributed by atoms with E-state index in [0.29, 0.717) is 18.4 Å². The van der Waals surface area contributed by atoms with Crippen molar-refractivity contribution in [2.24, 2.45) is 5.41 Å². The maximum Gasteiger partial charge on any atom is 0.237 e. The van der Waals surface area contributed by atoms with Crippen LogP contribution in [0.5, 0.6) is 0 Å². The highest BCUT2D eigenvalue weighted by Crippen LogP contribution is 2.36. The summed E-state index contributed by atoms with van der Waals surface area (Å²) >= 11 is 0. The van der Waals surface area contributed by atoms with Crippen LogP contribution in [0.15, 0.2) is 0 Å². The standard InChI is InChI=1S/C12H22N2O2/c1-12(4-2-3-5-12)8-14-11(16)10-6-9(15)7-13-10/h9-10,13,15H,2-8H2,1H3,(H,14,16). The first-order chi connectivity index (χ1) is 7.59. The van der Waals surface area contributed by atoms with Gasteiger partial charge in [0.05, 0.1) is 12.1 Å². The van der Waals surface area contributed by atoms with Gasteiger partial charge < -0.3 is 15.7 Å². The summed E-state index contributed by atoms with van der Waals surface area (Å²) in [6.07, 6.45) is 5.18. The SMILES string of the molecule is CC1(CNC(=O)C2CC(O)CN2)CCCC1. The molecule has 2 rings (SSSR count). The number of hydrogen-bond donors (Lipinski definition) is 3. The van der Waals surface area contributed by atoms with E-state index in [0.717, 1.165) is 6.54 Å². The van der Waals surface area contributed by atoms with Crippen molar-refractivity contribution in [3.63, 3.8) is 0 Å². The number of amides is 1. The van der Waals surface area contributed by atoms with Crippen molar-refractivity contribution in [1.29, 1.82) is 0 Å². The molecule has 0 spiro atoms. The Morgan fingerprint density at radius 1 is 1.50 bits per heavy atom. The molecule has 1 saturated carbocycles. The third-order valence-electron chi connectivity index (χ3n) is 3.92. The average Bonchev–Trinajstić information content (AvgIpc) is 2.85. The largest absolute Gasteiger partial charge is 0.392 e. The molecule has 2 aliphatic rings. The van der Waals surface area contributed by atoms with Gasteiger partial charge in [0, 0.05) is 13.1 Å². The monoisotopic (exact) mass is 226 g/mol. The number of hydrogen-bond acceptors (Lipinski definition) is 3. The summed E-state index contributed by atoms with van der Waals surface area (Å²) in [5.74, 6) is 0.0460. The van der Waals surface area contributed by atoms with Crippen molar-refractivity contribution in [3.8, 4) is 0 Å². The maximum absolute atomic E-state index is 11.8. The third kappa shape index (κ3) is 2.74. The lowest BCUT2D eigenvalue weighted by Gasteiger charge is -2.24. The molecule has 1 amide bonds. The van der Waals surface area contributed by atoms with Crippen LogP contribution >= 0.6 is 0 Å². The van der Waals surface area contributed by atoms with Gasteiger partial charge in [0.2, 0.25) is 5.91 Å². The molecule has 2 unspecified atom stereocenters. The first-order valence-corrected chi connectivity index (χ1v) is 6.28. The van der Waals surface area contributed by atoms with Crippen molar-refractivity contribution >= 4 is 5.91 Å². The molecule has 1 aliphatic heterocycles. The van der Waals surface area contributed by atoms with E-state index in [9.17, 15) is 9.90 Å². The molecule has 92 valence electrons. The minimum Gasteiger partial charge on any atom is -0.392 e. The van der Waals surface area contributed by atoms with Crippen molar-refractivity contribution < 1.29 is 9.90 Å². The lowest BCUT2D eigenvalue weighted by molar-refractivity contribution is -0.123. The highest BCUT2D eigenvalue weighted by atomic mass is 16.3. The van der Waals surface area contributed by atoms with Crippen LogP contribution in [0.25, 0.3) is 0 Å². The molecule has 16 heavy (non-hydrogen) atoms. The molecule has 3 N–H and O–H groups in total. The average molecular weight is 226 g/mol. The fourth-order valence-corrected chi connectivity index (χ4v) is 2.75. The Kier molecular flexibility index (Phi) is 3.50. The quantitative estimate of drug-likeness (QED) is 0.653. The number of aliphatic hydroxyl groups is 1. The van der Waals surface area contributed by atoms with Gasteiger partial charge in [-0.15, -0.1) is 0 Å². The Balaban J connectivity index is 1.75. The third-order valence-corrected chi connectivity index (χ3v) is 3.92. The first-order valence-electron chi connectivity index (χ1n) is 6.28. The maximum atomic E-state index is 11.8. The van der Waals surface area contributed by atoms with Gasteiger partial charge in [0.25, 0.3) is 0 Å². The van der Waals surface area contributed by atoms with E-state index in [-0.39, 0.29) is 18.1 Å². The Hall–Kier alpha value is -0.610. The number of carbonyl (C=O) groups is 1. The number of carbonyl (C=O) groups excluding carboxylic acids is 1. The zero-order valence-corrected chi connectivity index (χ0v) is 9.96. The van der Waals surface area contributed by atoms with Crippen LogP contribution in [-0.4, -0.2) is 36.2 Å². The van der Waals surface area contributed by atoms with Gasteiger partial charge in [-0.2, -0.15) is 0 Å². The van der Waals surface area contributed by atoms with Gasteiger partial charge in [-0.05, 0) is 24.7 Å². The van der Waals surface area contributed by atoms with E-state index in [1.54, 1.807) is 0 Å². The molecule has 0 aromatic heterocycles.